The second-order valence-electron chi connectivity index (χ2n) is 5.51. The van der Waals surface area contributed by atoms with Crippen LogP contribution in [0.1, 0.15) is 16.7 Å². The number of hydrogen-bond acceptors (Lipinski definition) is 2. The van der Waals surface area contributed by atoms with Gasteiger partial charge in [0.25, 0.3) is 0 Å². The second-order valence-corrected chi connectivity index (χ2v) is 5.95. The Morgan fingerprint density at radius 3 is 2.64 bits per heavy atom. The molecular weight excluding hydrogens is 298 g/mol. The van der Waals surface area contributed by atoms with Crippen LogP contribution in [0.25, 0.3) is 0 Å². The first-order valence-corrected chi connectivity index (χ1v) is 7.78. The summed E-state index contributed by atoms with van der Waals surface area (Å²) in [6, 6.07) is 15.6. The average Bonchev–Trinajstić information content (AvgIpc) is 2.55. The highest BCUT2D eigenvalue weighted by Crippen LogP contribution is 2.19. The molecule has 0 fully saturated rings. The van der Waals surface area contributed by atoms with E-state index >= 15 is 0 Å². The van der Waals surface area contributed by atoms with E-state index in [1.54, 1.807) is 12.1 Å². The summed E-state index contributed by atoms with van der Waals surface area (Å²) in [6.45, 7) is 1.16. The lowest BCUT2D eigenvalue weighted by Gasteiger charge is -2.25. The summed E-state index contributed by atoms with van der Waals surface area (Å²) in [5.41, 5.74) is 3.51. The van der Waals surface area contributed by atoms with Gasteiger partial charge >= 0.3 is 0 Å². The molecular formula is C18H18ClNO2. The number of carbonyl (C=O) groups is 1. The zero-order valence-electron chi connectivity index (χ0n) is 12.2. The van der Waals surface area contributed by atoms with Gasteiger partial charge in [-0.2, -0.15) is 0 Å². The lowest BCUT2D eigenvalue weighted by molar-refractivity contribution is -0.121. The van der Waals surface area contributed by atoms with Crippen molar-refractivity contribution in [3.63, 3.8) is 0 Å². The monoisotopic (exact) mass is 315 g/mol. The van der Waals surface area contributed by atoms with Gasteiger partial charge in [0.15, 0.2) is 0 Å². The molecule has 0 radical (unpaired) electrons. The highest BCUT2D eigenvalue weighted by atomic mass is 35.5. The lowest BCUT2D eigenvalue weighted by atomic mass is 9.99. The lowest BCUT2D eigenvalue weighted by Crippen LogP contribution is -2.37. The first-order valence-electron chi connectivity index (χ1n) is 7.40. The van der Waals surface area contributed by atoms with Crippen molar-refractivity contribution in [2.24, 2.45) is 0 Å². The van der Waals surface area contributed by atoms with E-state index in [0.29, 0.717) is 24.6 Å². The van der Waals surface area contributed by atoms with Crippen molar-refractivity contribution in [3.8, 4) is 0 Å². The van der Waals surface area contributed by atoms with Crippen LogP contribution in [-0.2, 0) is 29.0 Å². The maximum absolute atomic E-state index is 12.0. The SMILES string of the molecule is O=C(Cc1ccc(Cl)cc1)NCC1Cc2ccccc2CO1. The predicted octanol–water partition coefficient (Wildman–Crippen LogP) is 3.14. The number of amides is 1. The third-order valence-corrected chi connectivity index (χ3v) is 4.10. The van der Waals surface area contributed by atoms with E-state index in [2.05, 4.69) is 17.4 Å². The van der Waals surface area contributed by atoms with Crippen LogP contribution in [-0.4, -0.2) is 18.6 Å². The smallest absolute Gasteiger partial charge is 0.224 e. The minimum absolute atomic E-state index is 0.00443. The Labute approximate surface area is 135 Å². The highest BCUT2D eigenvalue weighted by molar-refractivity contribution is 6.30. The maximum Gasteiger partial charge on any atom is 0.224 e. The topological polar surface area (TPSA) is 38.3 Å². The van der Waals surface area contributed by atoms with Crippen molar-refractivity contribution < 1.29 is 9.53 Å². The summed E-state index contributed by atoms with van der Waals surface area (Å²) in [6.07, 6.45) is 1.25. The fourth-order valence-corrected chi connectivity index (χ4v) is 2.74. The molecule has 1 unspecified atom stereocenters. The van der Waals surface area contributed by atoms with Crippen molar-refractivity contribution in [1.82, 2.24) is 5.32 Å². The molecule has 114 valence electrons. The van der Waals surface area contributed by atoms with E-state index in [1.807, 2.05) is 24.3 Å². The Balaban J connectivity index is 1.49. The number of benzene rings is 2. The standard InChI is InChI=1S/C18H18ClNO2/c19-16-7-5-13(6-8-16)9-18(21)20-11-17-10-14-3-1-2-4-15(14)12-22-17/h1-8,17H,9-12H2,(H,20,21). The zero-order valence-corrected chi connectivity index (χ0v) is 13.0. The molecule has 22 heavy (non-hydrogen) atoms. The maximum atomic E-state index is 12.0. The number of rotatable bonds is 4. The van der Waals surface area contributed by atoms with Gasteiger partial charge in [-0.3, -0.25) is 4.79 Å². The van der Waals surface area contributed by atoms with E-state index < -0.39 is 0 Å². The molecule has 3 nitrogen and oxygen atoms in total. The van der Waals surface area contributed by atoms with E-state index in [-0.39, 0.29) is 12.0 Å². The normalized spacial score (nSPS) is 16.9. The van der Waals surface area contributed by atoms with Gasteiger partial charge in [0.1, 0.15) is 0 Å². The van der Waals surface area contributed by atoms with Crippen LogP contribution in [0, 0.1) is 0 Å². The molecule has 1 atom stereocenters. The average molecular weight is 316 g/mol. The predicted molar refractivity (Wildman–Crippen MR) is 86.9 cm³/mol. The molecule has 2 aromatic carbocycles. The molecule has 1 heterocycles. The molecule has 0 spiro atoms. The molecule has 0 aliphatic carbocycles. The highest BCUT2D eigenvalue weighted by Gasteiger charge is 2.19. The molecule has 2 aromatic rings. The number of ether oxygens (including phenoxy) is 1. The van der Waals surface area contributed by atoms with Crippen LogP contribution in [0.3, 0.4) is 0 Å². The summed E-state index contributed by atoms with van der Waals surface area (Å²) in [5, 5.41) is 3.63. The van der Waals surface area contributed by atoms with Crippen molar-refractivity contribution >= 4 is 17.5 Å². The van der Waals surface area contributed by atoms with Crippen LogP contribution < -0.4 is 5.32 Å². The van der Waals surface area contributed by atoms with Gasteiger partial charge in [-0.15, -0.1) is 0 Å². The van der Waals surface area contributed by atoms with Gasteiger partial charge in [-0.25, -0.2) is 0 Å². The van der Waals surface area contributed by atoms with Crippen LogP contribution in [0.4, 0.5) is 0 Å². The van der Waals surface area contributed by atoms with Gasteiger partial charge in [-0.05, 0) is 28.8 Å². The minimum Gasteiger partial charge on any atom is -0.371 e. The second kappa shape index (κ2) is 6.95. The van der Waals surface area contributed by atoms with E-state index in [4.69, 9.17) is 16.3 Å². The molecule has 0 saturated carbocycles. The molecule has 1 amide bonds. The molecule has 0 saturated heterocycles. The van der Waals surface area contributed by atoms with Crippen LogP contribution in [0.5, 0.6) is 0 Å². The van der Waals surface area contributed by atoms with Crippen molar-refractivity contribution in [2.75, 3.05) is 6.54 Å². The van der Waals surface area contributed by atoms with Crippen LogP contribution in [0.15, 0.2) is 48.5 Å². The molecule has 1 aliphatic heterocycles. The fourth-order valence-electron chi connectivity index (χ4n) is 2.62. The van der Waals surface area contributed by atoms with Gasteiger partial charge in [0.2, 0.25) is 5.91 Å². The van der Waals surface area contributed by atoms with E-state index in [9.17, 15) is 4.79 Å². The summed E-state index contributed by atoms with van der Waals surface area (Å²) in [7, 11) is 0. The van der Waals surface area contributed by atoms with Crippen molar-refractivity contribution in [1.29, 1.82) is 0 Å². The largest absolute Gasteiger partial charge is 0.371 e. The third kappa shape index (κ3) is 3.87. The first kappa shape index (κ1) is 15.1. The zero-order chi connectivity index (χ0) is 15.4. The van der Waals surface area contributed by atoms with Crippen molar-refractivity contribution in [2.45, 2.75) is 25.6 Å². The molecule has 3 rings (SSSR count). The van der Waals surface area contributed by atoms with E-state index in [0.717, 1.165) is 12.0 Å². The van der Waals surface area contributed by atoms with Gasteiger partial charge in [-0.1, -0.05) is 48.0 Å². The van der Waals surface area contributed by atoms with Gasteiger partial charge in [0, 0.05) is 18.0 Å². The number of halogens is 1. The number of carbonyl (C=O) groups excluding carboxylic acids is 1. The Bertz CT molecular complexity index is 654. The molecule has 1 aliphatic rings. The fraction of sp³-hybridized carbons (Fsp3) is 0.278. The number of nitrogens with one attached hydrogen (secondary N) is 1. The third-order valence-electron chi connectivity index (χ3n) is 3.85. The number of hydrogen-bond donors (Lipinski definition) is 1. The Morgan fingerprint density at radius 2 is 1.86 bits per heavy atom. The van der Waals surface area contributed by atoms with Gasteiger partial charge < -0.3 is 10.1 Å². The molecule has 1 N–H and O–H groups in total. The summed E-state index contributed by atoms with van der Waals surface area (Å²) >= 11 is 5.84. The Kier molecular flexibility index (Phi) is 4.76. The molecule has 4 heteroatoms. The van der Waals surface area contributed by atoms with Gasteiger partial charge in [0.05, 0.1) is 19.1 Å². The Hall–Kier alpha value is -1.84. The summed E-state index contributed by atoms with van der Waals surface area (Å²) in [5.74, 6) is 0.00443. The minimum atomic E-state index is 0.00443. The van der Waals surface area contributed by atoms with E-state index in [1.165, 1.54) is 11.1 Å². The summed E-state index contributed by atoms with van der Waals surface area (Å²) < 4.78 is 5.79. The first-order chi connectivity index (χ1) is 10.7. The Morgan fingerprint density at radius 1 is 1.14 bits per heavy atom. The molecule has 0 aromatic heterocycles. The van der Waals surface area contributed by atoms with Crippen LogP contribution >= 0.6 is 11.6 Å². The van der Waals surface area contributed by atoms with Crippen LogP contribution in [0.2, 0.25) is 5.02 Å². The quantitative estimate of drug-likeness (QED) is 0.941. The number of fused-ring (bicyclic) bond motifs is 1. The summed E-state index contributed by atoms with van der Waals surface area (Å²) in [4.78, 5) is 12.0. The molecule has 0 bridgehead atoms. The van der Waals surface area contributed by atoms with Crippen molar-refractivity contribution in [3.05, 3.63) is 70.2 Å².